The molecule has 22 heavy (non-hydrogen) atoms. The van der Waals surface area contributed by atoms with Crippen molar-refractivity contribution in [2.75, 3.05) is 0 Å². The predicted molar refractivity (Wildman–Crippen MR) is 98.2 cm³/mol. The Kier molecular flexibility index (Phi) is 5.16. The van der Waals surface area contributed by atoms with Crippen LogP contribution in [0.4, 0.5) is 0 Å². The maximum atomic E-state index is 9.44. The molecule has 4 heteroatoms. The molecular weight excluding hydrogens is 360 g/mol. The summed E-state index contributed by atoms with van der Waals surface area (Å²) < 4.78 is 0. The van der Waals surface area contributed by atoms with Gasteiger partial charge in [0.2, 0.25) is 0 Å². The highest BCUT2D eigenvalue weighted by Crippen LogP contribution is 2.37. The first-order valence-corrected chi connectivity index (χ1v) is 7.00. The van der Waals surface area contributed by atoms with Gasteiger partial charge in [0.1, 0.15) is 11.5 Å². The van der Waals surface area contributed by atoms with Crippen LogP contribution in [-0.2, 0) is 0 Å². The van der Waals surface area contributed by atoms with Crippen molar-refractivity contribution in [2.24, 2.45) is 0 Å². The van der Waals surface area contributed by atoms with E-state index in [2.05, 4.69) is 12.6 Å². The maximum absolute atomic E-state index is 9.44. The standard InChI is InChI=1S/C18H14O2S.BrH/c19-14-8-4-12(5-9-14)16-2-1-3-17(21)18(16)13-6-10-15(20)11-7-13;/h1-11,19-21H;1H. The summed E-state index contributed by atoms with van der Waals surface area (Å²) in [7, 11) is 0. The lowest BCUT2D eigenvalue weighted by atomic mass is 9.94. The first kappa shape index (κ1) is 16.5. The summed E-state index contributed by atoms with van der Waals surface area (Å²) >= 11 is 4.56. The molecule has 0 fully saturated rings. The van der Waals surface area contributed by atoms with Crippen molar-refractivity contribution in [3.63, 3.8) is 0 Å². The fourth-order valence-corrected chi connectivity index (χ4v) is 2.69. The molecule has 0 aliphatic heterocycles. The largest absolute Gasteiger partial charge is 0.508 e. The summed E-state index contributed by atoms with van der Waals surface area (Å²) in [5.74, 6) is 0.480. The number of phenolic OH excluding ortho intramolecular Hbond substituents is 2. The summed E-state index contributed by atoms with van der Waals surface area (Å²) in [6.45, 7) is 0. The third-order valence-corrected chi connectivity index (χ3v) is 3.75. The van der Waals surface area contributed by atoms with Gasteiger partial charge in [-0.05, 0) is 47.0 Å². The van der Waals surface area contributed by atoms with E-state index in [9.17, 15) is 10.2 Å². The van der Waals surface area contributed by atoms with E-state index in [0.29, 0.717) is 0 Å². The van der Waals surface area contributed by atoms with Gasteiger partial charge in [0.05, 0.1) is 0 Å². The summed E-state index contributed by atoms with van der Waals surface area (Å²) in [5.41, 5.74) is 4.04. The Labute approximate surface area is 145 Å². The normalized spacial score (nSPS) is 10.0. The highest BCUT2D eigenvalue weighted by atomic mass is 79.9. The zero-order chi connectivity index (χ0) is 14.8. The van der Waals surface area contributed by atoms with Crippen molar-refractivity contribution in [3.8, 4) is 33.8 Å². The van der Waals surface area contributed by atoms with Crippen molar-refractivity contribution in [1.29, 1.82) is 0 Å². The van der Waals surface area contributed by atoms with Crippen LogP contribution in [0.25, 0.3) is 22.3 Å². The zero-order valence-electron chi connectivity index (χ0n) is 11.6. The highest BCUT2D eigenvalue weighted by Gasteiger charge is 2.10. The number of benzene rings is 3. The van der Waals surface area contributed by atoms with E-state index in [-0.39, 0.29) is 28.5 Å². The van der Waals surface area contributed by atoms with Gasteiger partial charge in [-0.15, -0.1) is 29.6 Å². The van der Waals surface area contributed by atoms with Crippen molar-refractivity contribution < 1.29 is 10.2 Å². The lowest BCUT2D eigenvalue weighted by Gasteiger charge is -2.13. The predicted octanol–water partition coefficient (Wildman–Crippen LogP) is 5.30. The number of halogens is 1. The van der Waals surface area contributed by atoms with Gasteiger partial charge in [0.25, 0.3) is 0 Å². The molecule has 0 unspecified atom stereocenters. The molecule has 0 atom stereocenters. The van der Waals surface area contributed by atoms with Gasteiger partial charge >= 0.3 is 0 Å². The van der Waals surface area contributed by atoms with E-state index in [1.54, 1.807) is 24.3 Å². The number of hydrogen-bond donors (Lipinski definition) is 3. The van der Waals surface area contributed by atoms with E-state index in [0.717, 1.165) is 27.1 Å². The van der Waals surface area contributed by atoms with Gasteiger partial charge in [-0.2, -0.15) is 0 Å². The van der Waals surface area contributed by atoms with Crippen LogP contribution in [-0.4, -0.2) is 10.2 Å². The molecule has 0 heterocycles. The third kappa shape index (κ3) is 3.29. The third-order valence-electron chi connectivity index (χ3n) is 3.38. The SMILES string of the molecule is Br.Oc1ccc(-c2cccc(S)c2-c2ccc(O)cc2)cc1. The monoisotopic (exact) mass is 374 g/mol. The highest BCUT2D eigenvalue weighted by molar-refractivity contribution is 8.93. The fraction of sp³-hybridized carbons (Fsp3) is 0. The smallest absolute Gasteiger partial charge is 0.115 e. The number of phenols is 2. The Morgan fingerprint density at radius 3 is 1.68 bits per heavy atom. The van der Waals surface area contributed by atoms with Crippen molar-refractivity contribution in [3.05, 3.63) is 66.7 Å². The minimum absolute atomic E-state index is 0. The second-order valence-corrected chi connectivity index (χ2v) is 5.28. The van der Waals surface area contributed by atoms with E-state index in [4.69, 9.17) is 0 Å². The summed E-state index contributed by atoms with van der Waals surface area (Å²) in [4.78, 5) is 0.867. The van der Waals surface area contributed by atoms with Gasteiger partial charge in [0.15, 0.2) is 0 Å². The molecule has 0 radical (unpaired) electrons. The lowest BCUT2D eigenvalue weighted by Crippen LogP contribution is -1.87. The summed E-state index contributed by atoms with van der Waals surface area (Å²) in [5, 5.41) is 18.9. The molecule has 0 aliphatic carbocycles. The fourth-order valence-electron chi connectivity index (χ4n) is 2.35. The van der Waals surface area contributed by atoms with Gasteiger partial charge in [-0.3, -0.25) is 0 Å². The van der Waals surface area contributed by atoms with E-state index < -0.39 is 0 Å². The molecule has 0 saturated heterocycles. The van der Waals surface area contributed by atoms with Crippen molar-refractivity contribution in [1.82, 2.24) is 0 Å². The molecule has 2 nitrogen and oxygen atoms in total. The average Bonchev–Trinajstić information content (AvgIpc) is 2.49. The minimum atomic E-state index is 0. The topological polar surface area (TPSA) is 40.5 Å². The van der Waals surface area contributed by atoms with Crippen molar-refractivity contribution >= 4 is 29.6 Å². The molecule has 3 aromatic rings. The van der Waals surface area contributed by atoms with Gasteiger partial charge in [-0.1, -0.05) is 36.4 Å². The van der Waals surface area contributed by atoms with Gasteiger partial charge in [-0.25, -0.2) is 0 Å². The second-order valence-electron chi connectivity index (χ2n) is 4.79. The quantitative estimate of drug-likeness (QED) is 0.532. The number of rotatable bonds is 2. The summed E-state index contributed by atoms with van der Waals surface area (Å²) in [6.07, 6.45) is 0. The molecule has 0 aliphatic rings. The molecule has 0 aromatic heterocycles. The molecule has 0 saturated carbocycles. The van der Waals surface area contributed by atoms with E-state index >= 15 is 0 Å². The van der Waals surface area contributed by atoms with Crippen LogP contribution in [0.2, 0.25) is 0 Å². The van der Waals surface area contributed by atoms with Crippen LogP contribution in [0.3, 0.4) is 0 Å². The molecular formula is C18H15BrO2S. The Morgan fingerprint density at radius 2 is 1.14 bits per heavy atom. The molecule has 3 aromatic carbocycles. The van der Waals surface area contributed by atoms with Crippen LogP contribution in [0.1, 0.15) is 0 Å². The van der Waals surface area contributed by atoms with E-state index in [1.165, 1.54) is 0 Å². The number of thiol groups is 1. The van der Waals surface area contributed by atoms with Gasteiger partial charge < -0.3 is 10.2 Å². The molecule has 0 spiro atoms. The number of hydrogen-bond acceptors (Lipinski definition) is 3. The van der Waals surface area contributed by atoms with Crippen LogP contribution < -0.4 is 0 Å². The first-order valence-electron chi connectivity index (χ1n) is 6.56. The molecule has 0 amide bonds. The first-order chi connectivity index (χ1) is 10.1. The minimum Gasteiger partial charge on any atom is -0.508 e. The zero-order valence-corrected chi connectivity index (χ0v) is 14.2. The molecule has 112 valence electrons. The van der Waals surface area contributed by atoms with Crippen LogP contribution >= 0.6 is 29.6 Å². The average molecular weight is 375 g/mol. The van der Waals surface area contributed by atoms with Crippen molar-refractivity contribution in [2.45, 2.75) is 4.90 Å². The Morgan fingerprint density at radius 1 is 0.636 bits per heavy atom. The van der Waals surface area contributed by atoms with Gasteiger partial charge in [0, 0.05) is 10.5 Å². The molecule has 0 bridgehead atoms. The van der Waals surface area contributed by atoms with Crippen LogP contribution in [0.5, 0.6) is 11.5 Å². The maximum Gasteiger partial charge on any atom is 0.115 e. The Hall–Kier alpha value is -1.91. The number of aromatic hydroxyl groups is 2. The Balaban J connectivity index is 0.00000176. The van der Waals surface area contributed by atoms with Crippen LogP contribution in [0, 0.1) is 0 Å². The van der Waals surface area contributed by atoms with E-state index in [1.807, 2.05) is 42.5 Å². The van der Waals surface area contributed by atoms with Crippen LogP contribution in [0.15, 0.2) is 71.6 Å². The Bertz CT molecular complexity index is 768. The second kappa shape index (κ2) is 6.90. The molecule has 3 rings (SSSR count). The lowest BCUT2D eigenvalue weighted by molar-refractivity contribution is 0.475. The summed E-state index contributed by atoms with van der Waals surface area (Å²) in [6, 6.07) is 20.1. The molecule has 2 N–H and O–H groups in total.